The second-order valence-electron chi connectivity index (χ2n) is 10.5. The first-order chi connectivity index (χ1) is 19.1. The molecule has 0 N–H and O–H groups in total. The normalized spacial score (nSPS) is 19.8. The third-order valence-electron chi connectivity index (χ3n) is 7.81. The third-order valence-corrected chi connectivity index (χ3v) is 8.86. The van der Waals surface area contributed by atoms with E-state index in [0.29, 0.717) is 10.6 Å². The molecule has 39 heavy (non-hydrogen) atoms. The van der Waals surface area contributed by atoms with Crippen molar-refractivity contribution in [2.75, 3.05) is 50.7 Å². The molecule has 8 heteroatoms. The zero-order valence-corrected chi connectivity index (χ0v) is 23.2. The zero-order chi connectivity index (χ0) is 26.8. The maximum atomic E-state index is 15.4. The molecule has 2 fully saturated rings. The summed E-state index contributed by atoms with van der Waals surface area (Å²) in [6.07, 6.45) is 8.34. The van der Waals surface area contributed by atoms with Gasteiger partial charge in [-0.3, -0.25) is 14.7 Å². The molecule has 1 aromatic heterocycles. The van der Waals surface area contributed by atoms with Gasteiger partial charge in [-0.15, -0.1) is 0 Å². The summed E-state index contributed by atoms with van der Waals surface area (Å²) in [7, 11) is 0. The standard InChI is InChI=1S/C31H34FN5OS/c1-2-12-35-15-17-36(18-16-35)28-9-7-23(21-26(28)32)24-10-11-33-27-8-6-22(19-25(24)27)20-29-30(38)34-31(39-29)37-13-4-3-5-14-37/h6-11,19-21H,2-5,12-18H2,1H3. The molecule has 3 aliphatic rings. The number of carbonyl (C=O) groups excluding carboxylic acids is 1. The van der Waals surface area contributed by atoms with E-state index in [-0.39, 0.29) is 11.7 Å². The molecule has 0 bridgehead atoms. The lowest BCUT2D eigenvalue weighted by Gasteiger charge is -2.36. The maximum Gasteiger partial charge on any atom is 0.286 e. The molecule has 0 radical (unpaired) electrons. The van der Waals surface area contributed by atoms with Crippen LogP contribution in [-0.2, 0) is 4.79 Å². The summed E-state index contributed by atoms with van der Waals surface area (Å²) >= 11 is 1.46. The van der Waals surface area contributed by atoms with Crippen LogP contribution in [0.3, 0.4) is 0 Å². The topological polar surface area (TPSA) is 52.0 Å². The van der Waals surface area contributed by atoms with Crippen LogP contribution in [0.4, 0.5) is 10.1 Å². The number of nitrogens with zero attached hydrogens (tertiary/aromatic N) is 5. The number of hydrogen-bond acceptors (Lipinski definition) is 6. The Morgan fingerprint density at radius 3 is 2.54 bits per heavy atom. The number of piperazine rings is 1. The van der Waals surface area contributed by atoms with E-state index in [9.17, 15) is 4.79 Å². The highest BCUT2D eigenvalue weighted by Crippen LogP contribution is 2.34. The van der Waals surface area contributed by atoms with E-state index in [1.807, 2.05) is 42.5 Å². The Morgan fingerprint density at radius 2 is 1.77 bits per heavy atom. The molecular formula is C31H34FN5OS. The number of hydrogen-bond donors (Lipinski definition) is 0. The molecule has 6 nitrogen and oxygen atoms in total. The second-order valence-corrected chi connectivity index (χ2v) is 11.5. The summed E-state index contributed by atoms with van der Waals surface area (Å²) in [5.41, 5.74) is 4.15. The Bertz CT molecular complexity index is 1440. The molecule has 0 aliphatic carbocycles. The number of anilines is 1. The van der Waals surface area contributed by atoms with Gasteiger partial charge in [0.1, 0.15) is 5.82 Å². The molecule has 3 aliphatic heterocycles. The number of piperidine rings is 1. The lowest BCUT2D eigenvalue weighted by molar-refractivity contribution is -0.113. The van der Waals surface area contributed by atoms with Crippen molar-refractivity contribution in [3.8, 4) is 11.1 Å². The van der Waals surface area contributed by atoms with Gasteiger partial charge in [-0.05, 0) is 97.1 Å². The Morgan fingerprint density at radius 1 is 0.949 bits per heavy atom. The highest BCUT2D eigenvalue weighted by Gasteiger charge is 2.27. The monoisotopic (exact) mass is 543 g/mol. The molecule has 2 saturated heterocycles. The van der Waals surface area contributed by atoms with E-state index >= 15 is 4.39 Å². The number of pyridine rings is 1. The Kier molecular flexibility index (Phi) is 7.66. The van der Waals surface area contributed by atoms with Crippen LogP contribution in [0.1, 0.15) is 38.2 Å². The first kappa shape index (κ1) is 26.0. The molecule has 202 valence electrons. The van der Waals surface area contributed by atoms with Crippen molar-refractivity contribution in [3.63, 3.8) is 0 Å². The van der Waals surface area contributed by atoms with Crippen LogP contribution >= 0.6 is 11.8 Å². The average molecular weight is 544 g/mol. The van der Waals surface area contributed by atoms with Gasteiger partial charge in [0.2, 0.25) is 0 Å². The number of carbonyl (C=O) groups is 1. The van der Waals surface area contributed by atoms with E-state index < -0.39 is 0 Å². The van der Waals surface area contributed by atoms with Crippen molar-refractivity contribution < 1.29 is 9.18 Å². The van der Waals surface area contributed by atoms with Gasteiger partial charge >= 0.3 is 0 Å². The Labute approximate surface area is 233 Å². The van der Waals surface area contributed by atoms with E-state index in [1.165, 1.54) is 18.2 Å². The SMILES string of the molecule is CCCN1CCN(c2ccc(-c3ccnc4ccc(C=C5SC(N6CCCCC6)=NC5=O)cc34)cc2F)CC1. The summed E-state index contributed by atoms with van der Waals surface area (Å²) in [6, 6.07) is 13.5. The molecule has 3 aromatic rings. The van der Waals surface area contributed by atoms with Gasteiger partial charge < -0.3 is 9.80 Å². The molecule has 6 rings (SSSR count). The summed E-state index contributed by atoms with van der Waals surface area (Å²) in [5.74, 6) is -0.379. The number of fused-ring (bicyclic) bond motifs is 1. The fraction of sp³-hybridized carbons (Fsp3) is 0.387. The molecule has 4 heterocycles. The molecule has 2 aromatic carbocycles. The lowest BCUT2D eigenvalue weighted by Crippen LogP contribution is -2.46. The lowest BCUT2D eigenvalue weighted by atomic mass is 9.99. The minimum absolute atomic E-state index is 0.180. The predicted octanol–water partition coefficient (Wildman–Crippen LogP) is 6.03. The van der Waals surface area contributed by atoms with Crippen LogP contribution < -0.4 is 4.90 Å². The number of likely N-dealkylation sites (tertiary alicyclic amines) is 1. The Balaban J connectivity index is 1.24. The van der Waals surface area contributed by atoms with Crippen molar-refractivity contribution >= 4 is 45.5 Å². The maximum absolute atomic E-state index is 15.4. The van der Waals surface area contributed by atoms with Gasteiger partial charge in [-0.2, -0.15) is 4.99 Å². The molecular weight excluding hydrogens is 509 g/mol. The molecule has 0 saturated carbocycles. The van der Waals surface area contributed by atoms with Crippen molar-refractivity contribution in [2.45, 2.75) is 32.6 Å². The van der Waals surface area contributed by atoms with Crippen molar-refractivity contribution in [1.29, 1.82) is 0 Å². The van der Waals surface area contributed by atoms with Gasteiger partial charge in [-0.1, -0.05) is 19.1 Å². The van der Waals surface area contributed by atoms with Gasteiger partial charge in [0, 0.05) is 50.9 Å². The average Bonchev–Trinajstić information content (AvgIpc) is 3.33. The van der Waals surface area contributed by atoms with Crippen molar-refractivity contribution in [2.24, 2.45) is 4.99 Å². The highest BCUT2D eigenvalue weighted by molar-refractivity contribution is 8.18. The number of rotatable bonds is 5. The van der Waals surface area contributed by atoms with Crippen LogP contribution in [0.2, 0.25) is 0 Å². The van der Waals surface area contributed by atoms with E-state index in [1.54, 1.807) is 12.3 Å². The van der Waals surface area contributed by atoms with Crippen LogP contribution in [0.25, 0.3) is 28.1 Å². The quantitative estimate of drug-likeness (QED) is 0.367. The fourth-order valence-electron chi connectivity index (χ4n) is 5.73. The zero-order valence-electron chi connectivity index (χ0n) is 22.4. The number of benzene rings is 2. The second kappa shape index (κ2) is 11.5. The highest BCUT2D eigenvalue weighted by atomic mass is 32.2. The summed E-state index contributed by atoms with van der Waals surface area (Å²) < 4.78 is 15.4. The van der Waals surface area contributed by atoms with Crippen LogP contribution in [0.5, 0.6) is 0 Å². The van der Waals surface area contributed by atoms with Gasteiger partial charge in [0.05, 0.1) is 16.1 Å². The minimum atomic E-state index is -0.199. The third kappa shape index (κ3) is 5.58. The predicted molar refractivity (Wildman–Crippen MR) is 160 cm³/mol. The minimum Gasteiger partial charge on any atom is -0.367 e. The number of halogens is 1. The molecule has 1 amide bonds. The number of thioether (sulfide) groups is 1. The van der Waals surface area contributed by atoms with E-state index in [4.69, 9.17) is 0 Å². The number of amidine groups is 1. The van der Waals surface area contributed by atoms with Crippen molar-refractivity contribution in [1.82, 2.24) is 14.8 Å². The smallest absolute Gasteiger partial charge is 0.286 e. The first-order valence-corrected chi connectivity index (χ1v) is 14.8. The number of aromatic nitrogens is 1. The summed E-state index contributed by atoms with van der Waals surface area (Å²) in [4.78, 5) is 29.0. The summed E-state index contributed by atoms with van der Waals surface area (Å²) in [6.45, 7) is 8.83. The fourth-order valence-corrected chi connectivity index (χ4v) is 6.70. The van der Waals surface area contributed by atoms with Gasteiger partial charge in [0.25, 0.3) is 5.91 Å². The number of aliphatic imine (C=N–C) groups is 1. The van der Waals surface area contributed by atoms with Crippen molar-refractivity contribution in [3.05, 3.63) is 64.9 Å². The van der Waals surface area contributed by atoms with E-state index in [0.717, 1.165) is 97.8 Å². The van der Waals surface area contributed by atoms with E-state index in [2.05, 4.69) is 31.6 Å². The largest absolute Gasteiger partial charge is 0.367 e. The molecule has 0 atom stereocenters. The number of amides is 1. The Hall–Kier alpha value is -3.23. The van der Waals surface area contributed by atoms with Crippen LogP contribution in [0, 0.1) is 5.82 Å². The molecule has 0 unspecified atom stereocenters. The van der Waals surface area contributed by atoms with Crippen LogP contribution in [-0.4, -0.2) is 71.7 Å². The van der Waals surface area contributed by atoms with Crippen LogP contribution in [0.15, 0.2) is 58.6 Å². The first-order valence-electron chi connectivity index (χ1n) is 14.0. The van der Waals surface area contributed by atoms with Gasteiger partial charge in [0.15, 0.2) is 5.17 Å². The molecule has 0 spiro atoms. The summed E-state index contributed by atoms with van der Waals surface area (Å²) in [5, 5.41) is 1.75. The van der Waals surface area contributed by atoms with Gasteiger partial charge in [-0.25, -0.2) is 4.39 Å².